The number of halogens is 1. The van der Waals surface area contributed by atoms with Gasteiger partial charge >= 0.3 is 5.97 Å². The van der Waals surface area contributed by atoms with E-state index in [2.05, 4.69) is 15.9 Å². The fourth-order valence-corrected chi connectivity index (χ4v) is 3.60. The van der Waals surface area contributed by atoms with Gasteiger partial charge in [0.05, 0.1) is 22.4 Å². The van der Waals surface area contributed by atoms with Crippen LogP contribution in [0.15, 0.2) is 71.2 Å². The van der Waals surface area contributed by atoms with E-state index in [1.807, 2.05) is 19.1 Å². The lowest BCUT2D eigenvalue weighted by atomic mass is 10.1. The number of rotatable bonds is 5. The van der Waals surface area contributed by atoms with Gasteiger partial charge < -0.3 is 4.74 Å². The number of ether oxygens (including phenoxy) is 1. The van der Waals surface area contributed by atoms with Gasteiger partial charge in [-0.1, -0.05) is 46.3 Å². The first-order valence-electron chi connectivity index (χ1n) is 9.41. The van der Waals surface area contributed by atoms with Crippen LogP contribution in [0.25, 0.3) is 0 Å². The number of para-hydroxylation sites is 1. The molecule has 3 aromatic rings. The van der Waals surface area contributed by atoms with Crippen molar-refractivity contribution < 1.29 is 23.9 Å². The first-order valence-corrected chi connectivity index (χ1v) is 10.2. The van der Waals surface area contributed by atoms with Crippen LogP contribution < -0.4 is 4.90 Å². The number of ketones is 1. The third-order valence-electron chi connectivity index (χ3n) is 4.98. The van der Waals surface area contributed by atoms with Crippen molar-refractivity contribution in [1.82, 2.24) is 0 Å². The summed E-state index contributed by atoms with van der Waals surface area (Å²) in [5.74, 6) is -2.05. The van der Waals surface area contributed by atoms with Gasteiger partial charge in [0, 0.05) is 10.0 Å². The number of imide groups is 1. The minimum atomic E-state index is -0.747. The fourth-order valence-electron chi connectivity index (χ4n) is 3.33. The molecule has 0 saturated carbocycles. The normalized spacial score (nSPS) is 12.6. The Kier molecular flexibility index (Phi) is 5.52. The van der Waals surface area contributed by atoms with Crippen LogP contribution in [-0.2, 0) is 4.74 Å². The number of benzene rings is 3. The van der Waals surface area contributed by atoms with Crippen molar-refractivity contribution in [2.24, 2.45) is 0 Å². The van der Waals surface area contributed by atoms with Crippen LogP contribution in [0.2, 0.25) is 0 Å². The molecule has 154 valence electrons. The zero-order valence-corrected chi connectivity index (χ0v) is 18.0. The molecule has 31 heavy (non-hydrogen) atoms. The molecule has 1 heterocycles. The maximum absolute atomic E-state index is 12.9. The lowest BCUT2D eigenvalue weighted by molar-refractivity contribution is 0.0474. The molecule has 0 spiro atoms. The Labute approximate surface area is 186 Å². The Balaban J connectivity index is 1.52. The van der Waals surface area contributed by atoms with Crippen LogP contribution in [0.1, 0.15) is 47.0 Å². The van der Waals surface area contributed by atoms with E-state index in [0.29, 0.717) is 11.3 Å². The summed E-state index contributed by atoms with van der Waals surface area (Å²) in [6.45, 7) is 1.38. The van der Waals surface area contributed by atoms with E-state index in [1.54, 1.807) is 36.4 Å². The molecule has 1 aliphatic rings. The second-order valence-electron chi connectivity index (χ2n) is 7.00. The Morgan fingerprint density at radius 3 is 2.23 bits per heavy atom. The summed E-state index contributed by atoms with van der Waals surface area (Å²) in [5.41, 5.74) is 2.13. The summed E-state index contributed by atoms with van der Waals surface area (Å²) >= 11 is 3.29. The molecule has 0 aromatic heterocycles. The third kappa shape index (κ3) is 3.92. The van der Waals surface area contributed by atoms with E-state index < -0.39 is 24.4 Å². The Morgan fingerprint density at radius 2 is 1.52 bits per heavy atom. The topological polar surface area (TPSA) is 80.8 Å². The SMILES string of the molecule is Cc1ccccc1N1C(=O)c2ccc(C(=O)OCC(=O)c3ccc(Br)cc3)cc2C1=O. The molecule has 0 fully saturated rings. The number of Topliss-reactive ketones (excluding diaryl/α,β-unsaturated/α-hetero) is 1. The number of anilines is 1. The Hall–Kier alpha value is -3.58. The summed E-state index contributed by atoms with van der Waals surface area (Å²) in [5, 5.41) is 0. The number of carbonyl (C=O) groups excluding carboxylic acids is 4. The summed E-state index contributed by atoms with van der Waals surface area (Å²) in [4.78, 5) is 51.4. The van der Waals surface area contributed by atoms with E-state index in [0.717, 1.165) is 14.9 Å². The monoisotopic (exact) mass is 477 g/mol. The molecule has 6 nitrogen and oxygen atoms in total. The number of nitrogens with zero attached hydrogens (tertiary/aromatic N) is 1. The zero-order valence-electron chi connectivity index (χ0n) is 16.4. The summed E-state index contributed by atoms with van der Waals surface area (Å²) in [6, 6.07) is 17.9. The first-order chi connectivity index (χ1) is 14.9. The van der Waals surface area contributed by atoms with E-state index >= 15 is 0 Å². The minimum Gasteiger partial charge on any atom is -0.454 e. The minimum absolute atomic E-state index is 0.0927. The van der Waals surface area contributed by atoms with Gasteiger partial charge in [-0.2, -0.15) is 0 Å². The van der Waals surface area contributed by atoms with Crippen LogP contribution in [0.4, 0.5) is 5.69 Å². The number of fused-ring (bicyclic) bond motifs is 1. The number of carbonyl (C=O) groups is 4. The maximum Gasteiger partial charge on any atom is 0.338 e. The van der Waals surface area contributed by atoms with Crippen molar-refractivity contribution >= 4 is 45.2 Å². The van der Waals surface area contributed by atoms with Gasteiger partial charge in [0.1, 0.15) is 0 Å². The van der Waals surface area contributed by atoms with Gasteiger partial charge in [0.15, 0.2) is 12.4 Å². The molecule has 0 aliphatic carbocycles. The largest absolute Gasteiger partial charge is 0.454 e. The quantitative estimate of drug-likeness (QED) is 0.304. The zero-order chi connectivity index (χ0) is 22.1. The third-order valence-corrected chi connectivity index (χ3v) is 5.51. The van der Waals surface area contributed by atoms with E-state index in [4.69, 9.17) is 4.74 Å². The van der Waals surface area contributed by atoms with Crippen LogP contribution in [-0.4, -0.2) is 30.2 Å². The smallest absolute Gasteiger partial charge is 0.338 e. The number of esters is 1. The van der Waals surface area contributed by atoms with Crippen LogP contribution in [0.3, 0.4) is 0 Å². The second kappa shape index (κ2) is 8.28. The maximum atomic E-state index is 12.9. The predicted molar refractivity (Wildman–Crippen MR) is 118 cm³/mol. The molecule has 0 radical (unpaired) electrons. The standard InChI is InChI=1S/C24H16BrNO5/c1-14-4-2-3-5-20(14)26-22(28)18-11-8-16(12-19(18)23(26)29)24(30)31-13-21(27)15-6-9-17(25)10-7-15/h2-12H,13H2,1H3. The van der Waals surface area contributed by atoms with Gasteiger partial charge in [-0.15, -0.1) is 0 Å². The second-order valence-corrected chi connectivity index (χ2v) is 7.91. The lowest BCUT2D eigenvalue weighted by Gasteiger charge is -2.16. The molecule has 2 amide bonds. The Morgan fingerprint density at radius 1 is 0.871 bits per heavy atom. The molecular weight excluding hydrogens is 462 g/mol. The summed E-state index contributed by atoms with van der Waals surface area (Å²) < 4.78 is 5.95. The molecule has 0 atom stereocenters. The number of aryl methyl sites for hydroxylation is 1. The Bertz CT molecular complexity index is 1230. The van der Waals surface area contributed by atoms with E-state index in [-0.39, 0.29) is 22.5 Å². The fraction of sp³-hybridized carbons (Fsp3) is 0.0833. The molecule has 1 aliphatic heterocycles. The van der Waals surface area contributed by atoms with Crippen molar-refractivity contribution in [1.29, 1.82) is 0 Å². The van der Waals surface area contributed by atoms with Crippen molar-refractivity contribution in [3.05, 3.63) is 99.0 Å². The molecule has 3 aromatic carbocycles. The lowest BCUT2D eigenvalue weighted by Crippen LogP contribution is -2.29. The predicted octanol–water partition coefficient (Wildman–Crippen LogP) is 4.60. The number of amides is 2. The summed E-state index contributed by atoms with van der Waals surface area (Å²) in [6.07, 6.45) is 0. The van der Waals surface area contributed by atoms with Crippen molar-refractivity contribution in [3.63, 3.8) is 0 Å². The van der Waals surface area contributed by atoms with Crippen molar-refractivity contribution in [3.8, 4) is 0 Å². The first kappa shape index (κ1) is 20.7. The highest BCUT2D eigenvalue weighted by Crippen LogP contribution is 2.31. The molecule has 0 N–H and O–H groups in total. The van der Waals surface area contributed by atoms with Gasteiger partial charge in [0.25, 0.3) is 11.8 Å². The summed E-state index contributed by atoms with van der Waals surface area (Å²) in [7, 11) is 0. The van der Waals surface area contributed by atoms with Gasteiger partial charge in [0.2, 0.25) is 0 Å². The average Bonchev–Trinajstić information content (AvgIpc) is 3.02. The van der Waals surface area contributed by atoms with Crippen molar-refractivity contribution in [2.75, 3.05) is 11.5 Å². The highest BCUT2D eigenvalue weighted by molar-refractivity contribution is 9.10. The highest BCUT2D eigenvalue weighted by Gasteiger charge is 2.37. The van der Waals surface area contributed by atoms with Crippen LogP contribution >= 0.6 is 15.9 Å². The average molecular weight is 478 g/mol. The highest BCUT2D eigenvalue weighted by atomic mass is 79.9. The molecular formula is C24H16BrNO5. The van der Waals surface area contributed by atoms with Gasteiger partial charge in [-0.05, 0) is 48.9 Å². The van der Waals surface area contributed by atoms with E-state index in [1.165, 1.54) is 18.2 Å². The molecule has 4 rings (SSSR count). The van der Waals surface area contributed by atoms with Crippen LogP contribution in [0, 0.1) is 6.92 Å². The van der Waals surface area contributed by atoms with Gasteiger partial charge in [-0.3, -0.25) is 14.4 Å². The van der Waals surface area contributed by atoms with Gasteiger partial charge in [-0.25, -0.2) is 9.69 Å². The molecule has 0 saturated heterocycles. The van der Waals surface area contributed by atoms with Crippen molar-refractivity contribution in [2.45, 2.75) is 6.92 Å². The van der Waals surface area contributed by atoms with E-state index in [9.17, 15) is 19.2 Å². The molecule has 0 bridgehead atoms. The van der Waals surface area contributed by atoms with Crippen LogP contribution in [0.5, 0.6) is 0 Å². The number of hydrogen-bond acceptors (Lipinski definition) is 5. The number of hydrogen-bond donors (Lipinski definition) is 0. The molecule has 7 heteroatoms. The molecule has 0 unspecified atom stereocenters.